The van der Waals surface area contributed by atoms with Gasteiger partial charge in [0, 0.05) is 23.3 Å². The molecule has 2 N–H and O–H groups in total. The van der Waals surface area contributed by atoms with Gasteiger partial charge >= 0.3 is 0 Å². The van der Waals surface area contributed by atoms with Crippen molar-refractivity contribution in [3.63, 3.8) is 0 Å². The second-order valence-corrected chi connectivity index (χ2v) is 5.59. The summed E-state index contributed by atoms with van der Waals surface area (Å²) in [6.07, 6.45) is 1.90. The van der Waals surface area contributed by atoms with Crippen LogP contribution >= 0.6 is 15.9 Å². The van der Waals surface area contributed by atoms with Gasteiger partial charge < -0.3 is 15.4 Å². The van der Waals surface area contributed by atoms with E-state index in [-0.39, 0.29) is 24.3 Å². The summed E-state index contributed by atoms with van der Waals surface area (Å²) in [4.78, 5) is 23.3. The molecule has 108 valence electrons. The normalized spacial score (nSPS) is 17.8. The van der Waals surface area contributed by atoms with E-state index < -0.39 is 0 Å². The average molecular weight is 341 g/mol. The van der Waals surface area contributed by atoms with Crippen molar-refractivity contribution in [3.8, 4) is 0 Å². The van der Waals surface area contributed by atoms with Crippen LogP contribution in [0.15, 0.2) is 28.7 Å². The fourth-order valence-corrected chi connectivity index (χ4v) is 2.41. The summed E-state index contributed by atoms with van der Waals surface area (Å²) in [5.74, 6) is -0.610. The first-order valence-electron chi connectivity index (χ1n) is 6.57. The van der Waals surface area contributed by atoms with E-state index in [4.69, 9.17) is 4.74 Å². The third-order valence-electron chi connectivity index (χ3n) is 2.98. The predicted octanol–water partition coefficient (Wildman–Crippen LogP) is 2.07. The van der Waals surface area contributed by atoms with Gasteiger partial charge in [-0.15, -0.1) is 0 Å². The Bertz CT molecular complexity index is 487. The largest absolute Gasteiger partial charge is 0.376 e. The number of anilines is 1. The van der Waals surface area contributed by atoms with Crippen LogP contribution in [0.4, 0.5) is 5.69 Å². The summed E-state index contributed by atoms with van der Waals surface area (Å²) in [5, 5.41) is 5.40. The van der Waals surface area contributed by atoms with Crippen LogP contribution in [-0.2, 0) is 14.3 Å². The Morgan fingerprint density at radius 2 is 2.20 bits per heavy atom. The number of amides is 2. The Balaban J connectivity index is 1.71. The quantitative estimate of drug-likeness (QED) is 0.806. The lowest BCUT2D eigenvalue weighted by Gasteiger charge is -2.10. The number of hydrogen-bond acceptors (Lipinski definition) is 3. The van der Waals surface area contributed by atoms with E-state index in [9.17, 15) is 9.59 Å². The van der Waals surface area contributed by atoms with Crippen molar-refractivity contribution in [1.29, 1.82) is 0 Å². The van der Waals surface area contributed by atoms with Gasteiger partial charge in [0.2, 0.25) is 11.8 Å². The van der Waals surface area contributed by atoms with Gasteiger partial charge in [0.15, 0.2) is 0 Å². The first-order chi connectivity index (χ1) is 9.63. The maximum Gasteiger partial charge on any atom is 0.233 e. The first kappa shape index (κ1) is 15.0. The molecular formula is C14H17BrN2O3. The third-order valence-corrected chi connectivity index (χ3v) is 3.47. The molecule has 0 bridgehead atoms. The minimum atomic E-state index is -0.326. The van der Waals surface area contributed by atoms with E-state index in [0.717, 1.165) is 23.9 Å². The van der Waals surface area contributed by atoms with Crippen molar-refractivity contribution in [2.75, 3.05) is 18.5 Å². The minimum absolute atomic E-state index is 0.0899. The van der Waals surface area contributed by atoms with Crippen molar-refractivity contribution in [2.24, 2.45) is 0 Å². The number of carbonyl (C=O) groups is 2. The second-order valence-electron chi connectivity index (χ2n) is 4.67. The summed E-state index contributed by atoms with van der Waals surface area (Å²) >= 11 is 3.32. The molecule has 1 fully saturated rings. The minimum Gasteiger partial charge on any atom is -0.376 e. The fourth-order valence-electron chi connectivity index (χ4n) is 2.01. The van der Waals surface area contributed by atoms with Crippen LogP contribution < -0.4 is 10.6 Å². The summed E-state index contributed by atoms with van der Waals surface area (Å²) in [7, 11) is 0. The van der Waals surface area contributed by atoms with Gasteiger partial charge in [0.05, 0.1) is 6.10 Å². The summed E-state index contributed by atoms with van der Waals surface area (Å²) in [5.41, 5.74) is 0.663. The van der Waals surface area contributed by atoms with Crippen molar-refractivity contribution >= 4 is 33.4 Å². The van der Waals surface area contributed by atoms with Crippen molar-refractivity contribution < 1.29 is 14.3 Å². The highest BCUT2D eigenvalue weighted by Crippen LogP contribution is 2.15. The Morgan fingerprint density at radius 1 is 1.35 bits per heavy atom. The topological polar surface area (TPSA) is 67.4 Å². The molecular weight excluding hydrogens is 324 g/mol. The lowest BCUT2D eigenvalue weighted by Crippen LogP contribution is -2.34. The molecule has 0 saturated carbocycles. The Hall–Kier alpha value is -1.40. The monoisotopic (exact) mass is 340 g/mol. The second kappa shape index (κ2) is 7.40. The number of benzene rings is 1. The lowest BCUT2D eigenvalue weighted by atomic mass is 10.2. The zero-order valence-electron chi connectivity index (χ0n) is 11.0. The molecule has 0 radical (unpaired) electrons. The van der Waals surface area contributed by atoms with Crippen LogP contribution in [0.1, 0.15) is 19.3 Å². The van der Waals surface area contributed by atoms with Crippen molar-refractivity contribution in [1.82, 2.24) is 5.32 Å². The number of carbonyl (C=O) groups excluding carboxylic acids is 2. The van der Waals surface area contributed by atoms with E-state index in [2.05, 4.69) is 26.6 Å². The predicted molar refractivity (Wildman–Crippen MR) is 79.4 cm³/mol. The average Bonchev–Trinajstić information content (AvgIpc) is 2.89. The molecule has 0 spiro atoms. The zero-order chi connectivity index (χ0) is 14.4. The van der Waals surface area contributed by atoms with E-state index in [1.807, 2.05) is 12.1 Å². The van der Waals surface area contributed by atoms with Gasteiger partial charge in [-0.3, -0.25) is 9.59 Å². The van der Waals surface area contributed by atoms with Gasteiger partial charge in [-0.25, -0.2) is 0 Å². The highest BCUT2D eigenvalue weighted by atomic mass is 79.9. The van der Waals surface area contributed by atoms with Crippen LogP contribution in [0.5, 0.6) is 0 Å². The first-order valence-corrected chi connectivity index (χ1v) is 7.36. The van der Waals surface area contributed by atoms with E-state index in [0.29, 0.717) is 12.2 Å². The molecule has 5 nitrogen and oxygen atoms in total. The third kappa shape index (κ3) is 4.94. The van der Waals surface area contributed by atoms with Crippen molar-refractivity contribution in [2.45, 2.75) is 25.4 Å². The number of ether oxygens (including phenoxy) is 1. The Kier molecular flexibility index (Phi) is 5.55. The van der Waals surface area contributed by atoms with Crippen LogP contribution in [0.25, 0.3) is 0 Å². The summed E-state index contributed by atoms with van der Waals surface area (Å²) < 4.78 is 6.27. The van der Waals surface area contributed by atoms with Gasteiger partial charge in [-0.05, 0) is 31.0 Å². The van der Waals surface area contributed by atoms with E-state index in [1.54, 1.807) is 12.1 Å². The number of hydrogen-bond donors (Lipinski definition) is 2. The van der Waals surface area contributed by atoms with Crippen LogP contribution in [-0.4, -0.2) is 31.1 Å². The lowest BCUT2D eigenvalue weighted by molar-refractivity contribution is -0.127. The van der Waals surface area contributed by atoms with Crippen LogP contribution in [0.2, 0.25) is 0 Å². The maximum absolute atomic E-state index is 11.7. The van der Waals surface area contributed by atoms with Gasteiger partial charge in [0.1, 0.15) is 6.42 Å². The fraction of sp³-hybridized carbons (Fsp3) is 0.429. The number of nitrogens with one attached hydrogen (secondary N) is 2. The van der Waals surface area contributed by atoms with Gasteiger partial charge in [-0.1, -0.05) is 22.0 Å². The molecule has 1 heterocycles. The molecule has 1 aliphatic rings. The maximum atomic E-state index is 11.7. The molecule has 0 aromatic heterocycles. The molecule has 2 amide bonds. The SMILES string of the molecule is O=C(CC(=O)Nc1cccc(Br)c1)NCC1CCCO1. The molecule has 1 unspecified atom stereocenters. The standard InChI is InChI=1S/C14H17BrN2O3/c15-10-3-1-4-11(7-10)17-14(19)8-13(18)16-9-12-5-2-6-20-12/h1,3-4,7,12H,2,5-6,8-9H2,(H,16,18)(H,17,19). The molecule has 2 rings (SSSR count). The van der Waals surface area contributed by atoms with E-state index in [1.165, 1.54) is 0 Å². The molecule has 1 atom stereocenters. The van der Waals surface area contributed by atoms with Crippen LogP contribution in [0.3, 0.4) is 0 Å². The van der Waals surface area contributed by atoms with Crippen LogP contribution in [0, 0.1) is 0 Å². The molecule has 1 aliphatic heterocycles. The highest BCUT2D eigenvalue weighted by molar-refractivity contribution is 9.10. The molecule has 20 heavy (non-hydrogen) atoms. The number of halogens is 1. The van der Waals surface area contributed by atoms with Gasteiger partial charge in [0.25, 0.3) is 0 Å². The Morgan fingerprint density at radius 3 is 2.90 bits per heavy atom. The van der Waals surface area contributed by atoms with Gasteiger partial charge in [-0.2, -0.15) is 0 Å². The smallest absolute Gasteiger partial charge is 0.233 e. The summed E-state index contributed by atoms with van der Waals surface area (Å²) in [6.45, 7) is 1.23. The zero-order valence-corrected chi connectivity index (χ0v) is 12.6. The van der Waals surface area contributed by atoms with E-state index >= 15 is 0 Å². The molecule has 1 aromatic rings. The molecule has 1 aromatic carbocycles. The summed E-state index contributed by atoms with van der Waals surface area (Å²) in [6, 6.07) is 7.23. The number of rotatable bonds is 5. The highest BCUT2D eigenvalue weighted by Gasteiger charge is 2.17. The van der Waals surface area contributed by atoms with Crippen molar-refractivity contribution in [3.05, 3.63) is 28.7 Å². The molecule has 0 aliphatic carbocycles. The molecule has 6 heteroatoms. The molecule has 1 saturated heterocycles. The Labute approximate surface area is 126 Å².